The Morgan fingerprint density at radius 1 is 1.24 bits per heavy atom. The molecule has 0 radical (unpaired) electrons. The van der Waals surface area contributed by atoms with Crippen molar-refractivity contribution in [2.24, 2.45) is 0 Å². The van der Waals surface area contributed by atoms with Crippen LogP contribution >= 0.6 is 0 Å². The number of carboxylic acids is 1. The van der Waals surface area contributed by atoms with Gasteiger partial charge in [0.2, 0.25) is 6.10 Å². The molecule has 0 aromatic heterocycles. The number of carbonyl (C=O) groups is 1. The van der Waals surface area contributed by atoms with Crippen molar-refractivity contribution in [3.63, 3.8) is 0 Å². The summed E-state index contributed by atoms with van der Waals surface area (Å²) in [6, 6.07) is 3.28. The van der Waals surface area contributed by atoms with Gasteiger partial charge in [-0.3, -0.25) is 0 Å². The van der Waals surface area contributed by atoms with E-state index in [9.17, 15) is 18.0 Å². The lowest BCUT2D eigenvalue weighted by Gasteiger charge is -2.28. The highest BCUT2D eigenvalue weighted by atomic mass is 19.4. The standard InChI is InChI=1S/C13H11F3O3.C2H6/c1-6-3-7(2)10-8(4-6)5-9(12(17)18)11(19-10)13(14,15)16;1-2/h3-5,11H,1-2H3,(H,17,18);1-2H3/t11-;/m0./s1. The van der Waals surface area contributed by atoms with Gasteiger partial charge in [-0.25, -0.2) is 4.79 Å². The van der Waals surface area contributed by atoms with Crippen LogP contribution in [-0.2, 0) is 4.79 Å². The first-order chi connectivity index (χ1) is 9.70. The van der Waals surface area contributed by atoms with E-state index in [-0.39, 0.29) is 5.75 Å². The molecule has 0 unspecified atom stereocenters. The van der Waals surface area contributed by atoms with E-state index < -0.39 is 23.8 Å². The first kappa shape index (κ1) is 17.1. The largest absolute Gasteiger partial charge is 0.478 e. The molecule has 0 fully saturated rings. The summed E-state index contributed by atoms with van der Waals surface area (Å²) in [5.41, 5.74) is 0.927. The molecule has 116 valence electrons. The lowest BCUT2D eigenvalue weighted by molar-refractivity contribution is -0.187. The van der Waals surface area contributed by atoms with Gasteiger partial charge in [0.1, 0.15) is 5.75 Å². The van der Waals surface area contributed by atoms with Crippen molar-refractivity contribution in [1.29, 1.82) is 0 Å². The Labute approximate surface area is 121 Å². The fourth-order valence-corrected chi connectivity index (χ4v) is 2.10. The van der Waals surface area contributed by atoms with E-state index >= 15 is 0 Å². The number of aliphatic carboxylic acids is 1. The maximum absolute atomic E-state index is 12.8. The topological polar surface area (TPSA) is 46.5 Å². The molecule has 2 rings (SSSR count). The van der Waals surface area contributed by atoms with Gasteiger partial charge in [-0.1, -0.05) is 25.5 Å². The summed E-state index contributed by atoms with van der Waals surface area (Å²) in [6.45, 7) is 7.40. The van der Waals surface area contributed by atoms with E-state index in [0.29, 0.717) is 11.1 Å². The van der Waals surface area contributed by atoms with Crippen LogP contribution in [0.4, 0.5) is 13.2 Å². The van der Waals surface area contributed by atoms with Crippen LogP contribution in [0.5, 0.6) is 5.75 Å². The molecule has 1 heterocycles. The van der Waals surface area contributed by atoms with E-state index in [1.165, 1.54) is 0 Å². The molecule has 0 aliphatic carbocycles. The average molecular weight is 302 g/mol. The molecule has 0 saturated heterocycles. The molecule has 1 aliphatic rings. The normalized spacial score (nSPS) is 16.9. The van der Waals surface area contributed by atoms with Crippen LogP contribution in [0.1, 0.15) is 30.5 Å². The number of rotatable bonds is 1. The Morgan fingerprint density at radius 2 is 1.81 bits per heavy atom. The molecule has 3 nitrogen and oxygen atoms in total. The summed E-state index contributed by atoms with van der Waals surface area (Å²) >= 11 is 0. The Hall–Kier alpha value is -1.98. The minimum atomic E-state index is -4.76. The van der Waals surface area contributed by atoms with Gasteiger partial charge >= 0.3 is 12.1 Å². The third kappa shape index (κ3) is 3.56. The van der Waals surface area contributed by atoms with Gasteiger partial charge in [-0.2, -0.15) is 13.2 Å². The summed E-state index contributed by atoms with van der Waals surface area (Å²) in [4.78, 5) is 10.9. The van der Waals surface area contributed by atoms with Gasteiger partial charge in [-0.05, 0) is 31.6 Å². The van der Waals surface area contributed by atoms with Crippen LogP contribution in [0.25, 0.3) is 6.08 Å². The smallest absolute Gasteiger partial charge is 0.430 e. The number of ether oxygens (including phenoxy) is 1. The number of carboxylic acid groups (broad SMARTS) is 1. The molecule has 0 bridgehead atoms. The van der Waals surface area contributed by atoms with Crippen molar-refractivity contribution in [3.8, 4) is 5.75 Å². The molecule has 1 atom stereocenters. The molecular formula is C15H17F3O3. The number of alkyl halides is 3. The molecule has 1 aromatic rings. The minimum absolute atomic E-state index is 0.0814. The van der Waals surface area contributed by atoms with Crippen molar-refractivity contribution in [2.75, 3.05) is 0 Å². The monoisotopic (exact) mass is 302 g/mol. The third-order valence-corrected chi connectivity index (χ3v) is 2.82. The molecule has 1 aromatic carbocycles. The molecule has 0 spiro atoms. The van der Waals surface area contributed by atoms with Gasteiger partial charge < -0.3 is 9.84 Å². The van der Waals surface area contributed by atoms with Crippen LogP contribution < -0.4 is 4.74 Å². The Balaban J connectivity index is 0.00000106. The number of hydrogen-bond acceptors (Lipinski definition) is 2. The van der Waals surface area contributed by atoms with Gasteiger partial charge in [0, 0.05) is 5.56 Å². The fraction of sp³-hybridized carbons (Fsp3) is 0.400. The Kier molecular flexibility index (Phi) is 5.04. The highest BCUT2D eigenvalue weighted by Crippen LogP contribution is 2.39. The summed E-state index contributed by atoms with van der Waals surface area (Å²) in [7, 11) is 0. The lowest BCUT2D eigenvalue weighted by Crippen LogP contribution is -2.40. The maximum Gasteiger partial charge on any atom is 0.430 e. The summed E-state index contributed by atoms with van der Waals surface area (Å²) in [5, 5.41) is 8.89. The minimum Gasteiger partial charge on any atom is -0.478 e. The summed E-state index contributed by atoms with van der Waals surface area (Å²) in [6.07, 6.45) is -6.17. The number of aryl methyl sites for hydroxylation is 2. The van der Waals surface area contributed by atoms with Crippen LogP contribution in [0, 0.1) is 13.8 Å². The molecule has 6 heteroatoms. The molecule has 0 amide bonds. The van der Waals surface area contributed by atoms with E-state index in [1.807, 2.05) is 13.8 Å². The van der Waals surface area contributed by atoms with E-state index in [2.05, 4.69) is 0 Å². The van der Waals surface area contributed by atoms with Crippen molar-refractivity contribution < 1.29 is 27.8 Å². The predicted octanol–water partition coefficient (Wildman–Crippen LogP) is 4.12. The average Bonchev–Trinajstić information content (AvgIpc) is 2.38. The molecule has 1 aliphatic heterocycles. The van der Waals surface area contributed by atoms with Gasteiger partial charge in [0.15, 0.2) is 0 Å². The molecule has 21 heavy (non-hydrogen) atoms. The maximum atomic E-state index is 12.8. The van der Waals surface area contributed by atoms with Crippen LogP contribution in [-0.4, -0.2) is 23.4 Å². The van der Waals surface area contributed by atoms with E-state index in [4.69, 9.17) is 9.84 Å². The van der Waals surface area contributed by atoms with Crippen LogP contribution in [0.3, 0.4) is 0 Å². The second kappa shape index (κ2) is 6.20. The summed E-state index contributed by atoms with van der Waals surface area (Å²) < 4.78 is 43.4. The number of fused-ring (bicyclic) bond motifs is 1. The first-order valence-electron chi connectivity index (χ1n) is 6.49. The van der Waals surface area contributed by atoms with Crippen molar-refractivity contribution in [1.82, 2.24) is 0 Å². The lowest BCUT2D eigenvalue weighted by atomic mass is 9.97. The first-order valence-corrected chi connectivity index (χ1v) is 6.49. The van der Waals surface area contributed by atoms with Gasteiger partial charge in [0.05, 0.1) is 5.57 Å². The second-order valence-electron chi connectivity index (χ2n) is 4.44. The zero-order chi connectivity index (χ0) is 16.4. The third-order valence-electron chi connectivity index (χ3n) is 2.82. The van der Waals surface area contributed by atoms with Crippen LogP contribution in [0.15, 0.2) is 17.7 Å². The van der Waals surface area contributed by atoms with E-state index in [0.717, 1.165) is 11.6 Å². The quantitative estimate of drug-likeness (QED) is 0.848. The number of halogens is 3. The van der Waals surface area contributed by atoms with Gasteiger partial charge in [-0.15, -0.1) is 0 Å². The zero-order valence-corrected chi connectivity index (χ0v) is 12.2. The SMILES string of the molecule is CC.Cc1cc(C)c2c(c1)C=C(C(=O)O)[C@@H](C(F)(F)F)O2. The Morgan fingerprint density at radius 3 is 2.29 bits per heavy atom. The fourth-order valence-electron chi connectivity index (χ4n) is 2.10. The number of hydrogen-bond donors (Lipinski definition) is 1. The molecule has 0 saturated carbocycles. The number of benzene rings is 1. The zero-order valence-electron chi connectivity index (χ0n) is 12.2. The Bertz CT molecular complexity index is 574. The highest BCUT2D eigenvalue weighted by Gasteiger charge is 2.48. The molecule has 1 N–H and O–H groups in total. The van der Waals surface area contributed by atoms with Crippen molar-refractivity contribution >= 4 is 12.0 Å². The van der Waals surface area contributed by atoms with Crippen molar-refractivity contribution in [2.45, 2.75) is 40.0 Å². The molecular weight excluding hydrogens is 285 g/mol. The van der Waals surface area contributed by atoms with E-state index in [1.54, 1.807) is 26.0 Å². The predicted molar refractivity (Wildman–Crippen MR) is 73.3 cm³/mol. The highest BCUT2D eigenvalue weighted by molar-refractivity contribution is 5.95. The second-order valence-corrected chi connectivity index (χ2v) is 4.44. The van der Waals surface area contributed by atoms with Crippen molar-refractivity contribution in [3.05, 3.63) is 34.4 Å². The van der Waals surface area contributed by atoms with Gasteiger partial charge in [0.25, 0.3) is 0 Å². The van der Waals surface area contributed by atoms with Crippen LogP contribution in [0.2, 0.25) is 0 Å². The summed E-state index contributed by atoms with van der Waals surface area (Å²) in [5.74, 6) is -1.55.